The Balaban J connectivity index is 1.07. The fourth-order valence-electron chi connectivity index (χ4n) is 11.8. The summed E-state index contributed by atoms with van der Waals surface area (Å²) in [5.74, 6) is 0. The van der Waals surface area contributed by atoms with Crippen LogP contribution >= 0.6 is 11.3 Å². The average Bonchev–Trinajstić information content (AvgIpc) is 4.05. The second-order valence-electron chi connectivity index (χ2n) is 21.6. The van der Waals surface area contributed by atoms with Gasteiger partial charge in [-0.1, -0.05) is 121 Å². The first-order chi connectivity index (χ1) is 31.8. The second kappa shape index (κ2) is 13.0. The Morgan fingerprint density at radius 2 is 1.20 bits per heavy atom. The summed E-state index contributed by atoms with van der Waals surface area (Å²) in [5, 5.41) is 13.7. The lowest BCUT2D eigenvalue weighted by Gasteiger charge is -2.41. The third-order valence-corrected chi connectivity index (χ3v) is 16.7. The molecule has 1 N–H and O–H groups in total. The van der Waals surface area contributed by atoms with E-state index in [0.29, 0.717) is 0 Å². The van der Waals surface area contributed by atoms with Gasteiger partial charge in [-0.05, 0) is 111 Å². The first-order valence-corrected chi connectivity index (χ1v) is 24.4. The van der Waals surface area contributed by atoms with Crippen molar-refractivity contribution in [3.05, 3.63) is 150 Å². The van der Waals surface area contributed by atoms with Crippen molar-refractivity contribution in [1.29, 1.82) is 0 Å². The molecule has 5 heterocycles. The molecule has 0 fully saturated rings. The van der Waals surface area contributed by atoms with Crippen LogP contribution in [0.25, 0.3) is 103 Å². The lowest BCUT2D eigenvalue weighted by atomic mass is 9.59. The number of para-hydroxylation sites is 2. The summed E-state index contributed by atoms with van der Waals surface area (Å²) in [4.78, 5) is 0. The Kier molecular flexibility index (Phi) is 7.58. The predicted molar refractivity (Wildman–Crippen MR) is 284 cm³/mol. The van der Waals surface area contributed by atoms with Gasteiger partial charge in [-0.2, -0.15) is 0 Å². The second-order valence-corrected chi connectivity index (χ2v) is 22.7. The van der Waals surface area contributed by atoms with Gasteiger partial charge in [0.1, 0.15) is 22.3 Å². The monoisotopic (exact) mass is 872 g/mol. The van der Waals surface area contributed by atoms with Crippen molar-refractivity contribution in [3.8, 4) is 16.8 Å². The molecule has 0 saturated carbocycles. The molecule has 0 spiro atoms. The molecule has 4 nitrogen and oxygen atoms in total. The Morgan fingerprint density at radius 1 is 0.561 bits per heavy atom. The van der Waals surface area contributed by atoms with Crippen LogP contribution in [0.15, 0.2) is 142 Å². The third kappa shape index (κ3) is 5.39. The van der Waals surface area contributed by atoms with Crippen molar-refractivity contribution >= 4 is 127 Å². The van der Waals surface area contributed by atoms with E-state index in [1.165, 1.54) is 88.0 Å². The Labute approximate surface area is 388 Å². The van der Waals surface area contributed by atoms with Crippen molar-refractivity contribution < 1.29 is 8.83 Å². The summed E-state index contributed by atoms with van der Waals surface area (Å²) in [6, 6.07) is 50.0. The molecule has 12 aromatic rings. The maximum atomic E-state index is 6.58. The molecular formula is C60H49BN2O2S. The molecule has 6 heteroatoms. The van der Waals surface area contributed by atoms with E-state index >= 15 is 0 Å². The molecule has 0 unspecified atom stereocenters. The summed E-state index contributed by atoms with van der Waals surface area (Å²) >= 11 is 1.93. The highest BCUT2D eigenvalue weighted by atomic mass is 32.1. The predicted octanol–water partition coefficient (Wildman–Crippen LogP) is 15.7. The van der Waals surface area contributed by atoms with E-state index in [1.54, 1.807) is 0 Å². The van der Waals surface area contributed by atoms with Crippen LogP contribution in [-0.4, -0.2) is 11.8 Å². The number of thiophene rings is 1. The number of furan rings is 2. The molecule has 0 amide bonds. The zero-order valence-electron chi connectivity index (χ0n) is 38.5. The van der Waals surface area contributed by atoms with E-state index in [9.17, 15) is 0 Å². The molecule has 0 saturated heterocycles. The molecule has 0 bridgehead atoms. The van der Waals surface area contributed by atoms with E-state index in [2.05, 4.69) is 192 Å². The van der Waals surface area contributed by atoms with Crippen LogP contribution in [0.3, 0.4) is 0 Å². The van der Waals surface area contributed by atoms with Gasteiger partial charge in [0.25, 0.3) is 0 Å². The van der Waals surface area contributed by atoms with Gasteiger partial charge in [0.05, 0.1) is 5.52 Å². The highest BCUT2D eigenvalue weighted by molar-refractivity contribution is 7.25. The Bertz CT molecular complexity index is 4090. The number of rotatable bonds is 3. The van der Waals surface area contributed by atoms with Crippen molar-refractivity contribution in [2.24, 2.45) is 0 Å². The molecule has 4 aromatic heterocycles. The molecule has 1 aliphatic carbocycles. The molecule has 1 aliphatic heterocycles. The normalized spacial score (nSPS) is 15.4. The van der Waals surface area contributed by atoms with Gasteiger partial charge in [-0.15, -0.1) is 11.3 Å². The molecular weight excluding hydrogens is 824 g/mol. The van der Waals surface area contributed by atoms with E-state index < -0.39 is 0 Å². The summed E-state index contributed by atoms with van der Waals surface area (Å²) < 4.78 is 18.3. The van der Waals surface area contributed by atoms with Gasteiger partial charge in [-0.3, -0.25) is 0 Å². The molecule has 8 aromatic carbocycles. The number of hydrogen-bond acceptors (Lipinski definition) is 4. The molecule has 66 heavy (non-hydrogen) atoms. The van der Waals surface area contributed by atoms with Gasteiger partial charge in [0.15, 0.2) is 7.28 Å². The van der Waals surface area contributed by atoms with Crippen LogP contribution in [0.2, 0.25) is 0 Å². The quantitative estimate of drug-likeness (QED) is 0.180. The summed E-state index contributed by atoms with van der Waals surface area (Å²) in [7, 11) is 0.783. The maximum Gasteiger partial charge on any atom is 0.198 e. The minimum atomic E-state index is 0.0682. The smallest absolute Gasteiger partial charge is 0.198 e. The fraction of sp³-hybridized carbons (Fsp3) is 0.200. The maximum absolute atomic E-state index is 6.58. The van der Waals surface area contributed by atoms with Crippen molar-refractivity contribution in [3.63, 3.8) is 0 Å². The number of hydrogen-bond donors (Lipinski definition) is 1. The third-order valence-electron chi connectivity index (χ3n) is 15.6. The average molecular weight is 873 g/mol. The minimum Gasteiger partial charge on any atom is -0.456 e. The Hall–Kier alpha value is -6.76. The molecule has 320 valence electrons. The highest BCUT2D eigenvalue weighted by Crippen LogP contribution is 2.51. The van der Waals surface area contributed by atoms with E-state index in [0.717, 1.165) is 73.7 Å². The first kappa shape index (κ1) is 38.5. The lowest BCUT2D eigenvalue weighted by molar-refractivity contribution is 0.332. The zero-order chi connectivity index (χ0) is 44.6. The van der Waals surface area contributed by atoms with Crippen molar-refractivity contribution in [2.45, 2.75) is 77.6 Å². The van der Waals surface area contributed by atoms with Crippen LogP contribution in [0.1, 0.15) is 78.0 Å². The van der Waals surface area contributed by atoms with Gasteiger partial charge in [0.2, 0.25) is 0 Å². The van der Waals surface area contributed by atoms with Crippen molar-refractivity contribution in [1.82, 2.24) is 4.57 Å². The summed E-state index contributed by atoms with van der Waals surface area (Å²) in [5.41, 5.74) is 19.1. The lowest BCUT2D eigenvalue weighted by Crippen LogP contribution is -2.37. The number of aromatic nitrogens is 1. The van der Waals surface area contributed by atoms with Gasteiger partial charge >= 0.3 is 0 Å². The molecule has 0 radical (unpaired) electrons. The van der Waals surface area contributed by atoms with Crippen molar-refractivity contribution in [2.75, 3.05) is 5.32 Å². The van der Waals surface area contributed by atoms with E-state index in [4.69, 9.17) is 8.83 Å². The largest absolute Gasteiger partial charge is 0.456 e. The fourth-order valence-corrected chi connectivity index (χ4v) is 13.0. The number of benzene rings is 8. The van der Waals surface area contributed by atoms with Crippen LogP contribution in [0.4, 0.5) is 11.4 Å². The standard InChI is InChI=1S/C60H49BN2O2S/c1-58(2,3)32-16-18-33(19-17-32)62-47-29-55-42(43-26-44-45(28-54(43)66-55)60(6,7)23-22-59(44,4)5)24-38(47)36-20-21-37-39-25-40-34-12-8-10-14-50(34)64-52(40)30-48(39)63-49-31-53-41(27-46(49)61-56(36)57(37)63)35-13-9-11-15-51(35)65-53/h8-21,24-31,61-62H,22-23H2,1-7H3. The van der Waals surface area contributed by atoms with Gasteiger partial charge in [-0.25, -0.2) is 0 Å². The number of nitrogens with zero attached hydrogens (tertiary/aromatic N) is 1. The van der Waals surface area contributed by atoms with Gasteiger partial charge in [0, 0.05) is 92.8 Å². The van der Waals surface area contributed by atoms with Crippen LogP contribution < -0.4 is 16.2 Å². The highest BCUT2D eigenvalue weighted by Gasteiger charge is 2.38. The molecule has 0 atom stereocenters. The SMILES string of the molecule is CC(C)(C)c1ccc(Nc2cc3sc4cc5c(cc4c3cc2-c2ccc3c4cc6c(cc4n4c3c2Bc2cc3c(cc2-4)oc2ccccc23)oc2ccccc26)C(C)(C)CCC5(C)C)cc1. The molecule has 14 rings (SSSR count). The molecule has 2 aliphatic rings. The number of anilines is 2. The van der Waals surface area contributed by atoms with Crippen LogP contribution in [0, 0.1) is 0 Å². The minimum absolute atomic E-state index is 0.0682. The van der Waals surface area contributed by atoms with Gasteiger partial charge < -0.3 is 18.7 Å². The van der Waals surface area contributed by atoms with Crippen LogP contribution in [0.5, 0.6) is 0 Å². The van der Waals surface area contributed by atoms with E-state index in [-0.39, 0.29) is 16.2 Å². The summed E-state index contributed by atoms with van der Waals surface area (Å²) in [6.45, 7) is 16.6. The summed E-state index contributed by atoms with van der Waals surface area (Å²) in [6.07, 6.45) is 2.39. The number of nitrogens with one attached hydrogen (secondary N) is 1. The first-order valence-electron chi connectivity index (χ1n) is 23.6. The zero-order valence-corrected chi connectivity index (χ0v) is 39.3. The topological polar surface area (TPSA) is 43.2 Å². The Morgan fingerprint density at radius 3 is 1.91 bits per heavy atom. The van der Waals surface area contributed by atoms with E-state index in [1.807, 2.05) is 11.3 Å². The van der Waals surface area contributed by atoms with Crippen LogP contribution in [-0.2, 0) is 16.2 Å². The number of fused-ring (bicyclic) bond motifs is 15.